The summed E-state index contributed by atoms with van der Waals surface area (Å²) in [7, 11) is 0. The van der Waals surface area contributed by atoms with Crippen LogP contribution in [-0.2, 0) is 6.54 Å². The van der Waals surface area contributed by atoms with Gasteiger partial charge in [-0.05, 0) is 38.8 Å². The summed E-state index contributed by atoms with van der Waals surface area (Å²) in [6.07, 6.45) is 3.18. The lowest BCUT2D eigenvalue weighted by Crippen LogP contribution is -2.17. The zero-order chi connectivity index (χ0) is 16.3. The fraction of sp³-hybridized carbons (Fsp3) is 0.412. The molecule has 2 heterocycles. The molecule has 2 aromatic heterocycles. The first-order chi connectivity index (χ1) is 10.4. The molecule has 118 valence electrons. The number of nitrogens with zero attached hydrogens (tertiary/aromatic N) is 2. The van der Waals surface area contributed by atoms with E-state index in [2.05, 4.69) is 48.9 Å². The van der Waals surface area contributed by atoms with E-state index in [1.165, 1.54) is 12.0 Å². The molecule has 1 amide bonds. The van der Waals surface area contributed by atoms with Crippen molar-refractivity contribution in [3.8, 4) is 0 Å². The molecule has 22 heavy (non-hydrogen) atoms. The van der Waals surface area contributed by atoms with Crippen LogP contribution in [0.2, 0.25) is 0 Å². The van der Waals surface area contributed by atoms with E-state index in [1.807, 2.05) is 0 Å². The van der Waals surface area contributed by atoms with Crippen LogP contribution in [0.5, 0.6) is 0 Å². The molecule has 0 unspecified atom stereocenters. The van der Waals surface area contributed by atoms with Gasteiger partial charge in [0.2, 0.25) is 0 Å². The van der Waals surface area contributed by atoms with Gasteiger partial charge in [-0.3, -0.25) is 4.79 Å². The van der Waals surface area contributed by atoms with Crippen LogP contribution in [-0.4, -0.2) is 16.7 Å². The Labute approximate surface area is 131 Å². The number of rotatable bonds is 5. The molecule has 2 aromatic rings. The van der Waals surface area contributed by atoms with E-state index in [4.69, 9.17) is 4.42 Å². The normalized spacial score (nSPS) is 11.5. The Balaban J connectivity index is 2.08. The molecule has 0 aliphatic carbocycles. The summed E-state index contributed by atoms with van der Waals surface area (Å²) in [6.45, 7) is 11.3. The van der Waals surface area contributed by atoms with Crippen LogP contribution >= 0.6 is 0 Å². The molecule has 0 fully saturated rings. The third kappa shape index (κ3) is 3.47. The Morgan fingerprint density at radius 2 is 2.14 bits per heavy atom. The number of hydrogen-bond acceptors (Lipinski definition) is 3. The van der Waals surface area contributed by atoms with E-state index in [0.29, 0.717) is 17.2 Å². The van der Waals surface area contributed by atoms with E-state index in [9.17, 15) is 4.79 Å². The summed E-state index contributed by atoms with van der Waals surface area (Å²) in [6, 6.07) is 3.71. The van der Waals surface area contributed by atoms with Gasteiger partial charge in [0.1, 0.15) is 5.76 Å². The van der Waals surface area contributed by atoms with Gasteiger partial charge >= 0.3 is 0 Å². The van der Waals surface area contributed by atoms with Crippen LogP contribution in [0, 0.1) is 26.7 Å². The van der Waals surface area contributed by atoms with Crippen LogP contribution in [0.4, 0.5) is 0 Å². The van der Waals surface area contributed by atoms with Crippen molar-refractivity contribution < 1.29 is 9.21 Å². The van der Waals surface area contributed by atoms with Crippen molar-refractivity contribution in [2.45, 2.75) is 41.2 Å². The van der Waals surface area contributed by atoms with Crippen molar-refractivity contribution >= 4 is 12.1 Å². The van der Waals surface area contributed by atoms with Crippen LogP contribution in [0.15, 0.2) is 27.9 Å². The summed E-state index contributed by atoms with van der Waals surface area (Å²) in [5.74, 6) is 0.902. The fourth-order valence-electron chi connectivity index (χ4n) is 2.45. The molecule has 0 aromatic carbocycles. The molecule has 0 radical (unpaired) electrons. The molecule has 2 rings (SSSR count). The minimum Gasteiger partial charge on any atom is -0.469 e. The minimum absolute atomic E-state index is 0.265. The standard InChI is InChI=1S/C17H23N3O2/c1-11(2)10-20-12(3)8-15(13(20)4)9-18-19-17(21)16-6-7-22-14(16)5/h6-9,11H,10H2,1-5H3,(H,19,21). The van der Waals surface area contributed by atoms with Gasteiger partial charge in [-0.2, -0.15) is 5.10 Å². The summed E-state index contributed by atoms with van der Waals surface area (Å²) in [4.78, 5) is 11.9. The average Bonchev–Trinajstić information content (AvgIpc) is 2.97. The maximum absolute atomic E-state index is 11.9. The van der Waals surface area contributed by atoms with Gasteiger partial charge in [0, 0.05) is 23.5 Å². The van der Waals surface area contributed by atoms with E-state index in [1.54, 1.807) is 19.2 Å². The monoisotopic (exact) mass is 301 g/mol. The van der Waals surface area contributed by atoms with Crippen LogP contribution in [0.1, 0.15) is 46.9 Å². The second-order valence-corrected chi connectivity index (χ2v) is 5.92. The van der Waals surface area contributed by atoms with Crippen molar-refractivity contribution in [3.63, 3.8) is 0 Å². The molecule has 0 atom stereocenters. The number of hydrazone groups is 1. The highest BCUT2D eigenvalue weighted by molar-refractivity contribution is 5.95. The fourth-order valence-corrected chi connectivity index (χ4v) is 2.45. The quantitative estimate of drug-likeness (QED) is 0.679. The number of aromatic nitrogens is 1. The molecule has 0 bridgehead atoms. The maximum Gasteiger partial charge on any atom is 0.274 e. The Kier molecular flexibility index (Phi) is 4.85. The lowest BCUT2D eigenvalue weighted by Gasteiger charge is -2.11. The predicted octanol–water partition coefficient (Wildman–Crippen LogP) is 3.43. The van der Waals surface area contributed by atoms with E-state index in [-0.39, 0.29) is 5.91 Å². The third-order valence-electron chi connectivity index (χ3n) is 3.63. The maximum atomic E-state index is 11.9. The molecular weight excluding hydrogens is 278 g/mol. The largest absolute Gasteiger partial charge is 0.469 e. The van der Waals surface area contributed by atoms with Crippen LogP contribution in [0.25, 0.3) is 0 Å². The highest BCUT2D eigenvalue weighted by Crippen LogP contribution is 2.15. The lowest BCUT2D eigenvalue weighted by molar-refractivity contribution is 0.0953. The highest BCUT2D eigenvalue weighted by atomic mass is 16.3. The van der Waals surface area contributed by atoms with Crippen LogP contribution in [0.3, 0.4) is 0 Å². The number of hydrogen-bond donors (Lipinski definition) is 1. The smallest absolute Gasteiger partial charge is 0.274 e. The van der Waals surface area contributed by atoms with Crippen molar-refractivity contribution in [2.75, 3.05) is 0 Å². The first-order valence-corrected chi connectivity index (χ1v) is 7.44. The van der Waals surface area contributed by atoms with Crippen molar-refractivity contribution in [1.29, 1.82) is 0 Å². The zero-order valence-electron chi connectivity index (χ0n) is 13.8. The third-order valence-corrected chi connectivity index (χ3v) is 3.63. The van der Waals surface area contributed by atoms with Gasteiger partial charge in [0.15, 0.2) is 0 Å². The average molecular weight is 301 g/mol. The highest BCUT2D eigenvalue weighted by Gasteiger charge is 2.11. The predicted molar refractivity (Wildman–Crippen MR) is 87.2 cm³/mol. The van der Waals surface area contributed by atoms with Gasteiger partial charge in [0.05, 0.1) is 18.0 Å². The second-order valence-electron chi connectivity index (χ2n) is 5.92. The Bertz CT molecular complexity index is 693. The molecule has 0 aliphatic heterocycles. The number of amides is 1. The van der Waals surface area contributed by atoms with Crippen molar-refractivity contribution in [2.24, 2.45) is 11.0 Å². The topological polar surface area (TPSA) is 59.5 Å². The van der Waals surface area contributed by atoms with Crippen molar-refractivity contribution in [3.05, 3.63) is 46.7 Å². The molecule has 1 N–H and O–H groups in total. The first-order valence-electron chi connectivity index (χ1n) is 7.44. The number of furan rings is 1. The number of carbonyl (C=O) groups excluding carboxylic acids is 1. The molecule has 0 saturated carbocycles. The summed E-state index contributed by atoms with van der Waals surface area (Å²) in [5, 5.41) is 4.05. The minimum atomic E-state index is -0.265. The summed E-state index contributed by atoms with van der Waals surface area (Å²) < 4.78 is 7.38. The van der Waals surface area contributed by atoms with E-state index >= 15 is 0 Å². The van der Waals surface area contributed by atoms with E-state index in [0.717, 1.165) is 17.8 Å². The summed E-state index contributed by atoms with van der Waals surface area (Å²) >= 11 is 0. The molecule has 0 aliphatic rings. The van der Waals surface area contributed by atoms with E-state index < -0.39 is 0 Å². The summed E-state index contributed by atoms with van der Waals surface area (Å²) in [5.41, 5.74) is 6.41. The molecule has 5 heteroatoms. The lowest BCUT2D eigenvalue weighted by atomic mass is 10.2. The molecule has 5 nitrogen and oxygen atoms in total. The zero-order valence-corrected chi connectivity index (χ0v) is 13.8. The number of carbonyl (C=O) groups is 1. The molecule has 0 spiro atoms. The number of aryl methyl sites for hydroxylation is 2. The Morgan fingerprint density at radius 1 is 1.41 bits per heavy atom. The van der Waals surface area contributed by atoms with Gasteiger partial charge in [-0.15, -0.1) is 0 Å². The van der Waals surface area contributed by atoms with Gasteiger partial charge < -0.3 is 8.98 Å². The Hall–Kier alpha value is -2.30. The SMILES string of the molecule is Cc1occc1C(=O)NN=Cc1cc(C)n(CC(C)C)c1C. The second kappa shape index (κ2) is 6.64. The van der Waals surface area contributed by atoms with Gasteiger partial charge in [0.25, 0.3) is 5.91 Å². The number of nitrogens with one attached hydrogen (secondary N) is 1. The first kappa shape index (κ1) is 16.1. The molecular formula is C17H23N3O2. The van der Waals surface area contributed by atoms with Gasteiger partial charge in [-0.1, -0.05) is 13.8 Å². The van der Waals surface area contributed by atoms with Crippen LogP contribution < -0.4 is 5.43 Å². The van der Waals surface area contributed by atoms with Crippen molar-refractivity contribution in [1.82, 2.24) is 9.99 Å². The van der Waals surface area contributed by atoms with Gasteiger partial charge in [-0.25, -0.2) is 5.43 Å². The Morgan fingerprint density at radius 3 is 2.73 bits per heavy atom. The molecule has 0 saturated heterocycles.